The van der Waals surface area contributed by atoms with Crippen LogP contribution < -0.4 is 0 Å². The van der Waals surface area contributed by atoms with Crippen molar-refractivity contribution >= 4 is 0 Å². The van der Waals surface area contributed by atoms with Gasteiger partial charge in [0.15, 0.2) is 0 Å². The van der Waals surface area contributed by atoms with Crippen molar-refractivity contribution in [2.45, 2.75) is 69.9 Å². The Morgan fingerprint density at radius 3 is 2.57 bits per heavy atom. The molecule has 5 nitrogen and oxygen atoms in total. The summed E-state index contributed by atoms with van der Waals surface area (Å²) in [5, 5.41) is 28.6. The molecule has 1 aliphatic rings. The van der Waals surface area contributed by atoms with Gasteiger partial charge in [0, 0.05) is 0 Å². The zero-order valence-corrected chi connectivity index (χ0v) is 13.0. The van der Waals surface area contributed by atoms with Crippen LogP contribution >= 0.6 is 0 Å². The van der Waals surface area contributed by atoms with Gasteiger partial charge in [0.2, 0.25) is 0 Å². The lowest BCUT2D eigenvalue weighted by molar-refractivity contribution is -0.208. The van der Waals surface area contributed by atoms with Crippen molar-refractivity contribution in [2.75, 3.05) is 19.8 Å². The molecule has 0 amide bonds. The Hall–Kier alpha value is -0.460. The van der Waals surface area contributed by atoms with Crippen LogP contribution in [0.5, 0.6) is 0 Å². The van der Waals surface area contributed by atoms with E-state index in [1.54, 1.807) is 0 Å². The van der Waals surface area contributed by atoms with Crippen molar-refractivity contribution in [3.8, 4) is 0 Å². The second-order valence-corrected chi connectivity index (χ2v) is 5.55. The van der Waals surface area contributed by atoms with Crippen molar-refractivity contribution in [2.24, 2.45) is 0 Å². The molecule has 0 unspecified atom stereocenters. The van der Waals surface area contributed by atoms with E-state index in [-0.39, 0.29) is 13.2 Å². The maximum atomic E-state index is 9.88. The summed E-state index contributed by atoms with van der Waals surface area (Å²) in [6, 6.07) is 0. The Morgan fingerprint density at radius 1 is 1.10 bits per heavy atom. The number of rotatable bonds is 10. The van der Waals surface area contributed by atoms with Crippen molar-refractivity contribution in [3.05, 3.63) is 12.2 Å². The number of aliphatic hydroxyl groups is 3. The van der Waals surface area contributed by atoms with Gasteiger partial charge in [0.25, 0.3) is 0 Å². The molecule has 0 radical (unpaired) electrons. The summed E-state index contributed by atoms with van der Waals surface area (Å²) in [6.07, 6.45) is 7.88. The molecular weight excluding hydrogens is 272 g/mol. The van der Waals surface area contributed by atoms with Gasteiger partial charge in [-0.2, -0.15) is 0 Å². The molecule has 0 spiro atoms. The lowest BCUT2D eigenvalue weighted by Gasteiger charge is -2.36. The van der Waals surface area contributed by atoms with Crippen LogP contribution in [0.2, 0.25) is 0 Å². The van der Waals surface area contributed by atoms with Crippen LogP contribution in [-0.2, 0) is 9.47 Å². The first-order valence-corrected chi connectivity index (χ1v) is 8.05. The van der Waals surface area contributed by atoms with E-state index >= 15 is 0 Å². The number of hydrogen-bond acceptors (Lipinski definition) is 5. The third-order valence-electron chi connectivity index (χ3n) is 3.77. The summed E-state index contributed by atoms with van der Waals surface area (Å²) in [5.74, 6) is 0. The summed E-state index contributed by atoms with van der Waals surface area (Å²) in [5.41, 5.74) is 0. The molecule has 5 heteroatoms. The normalized spacial score (nSPS) is 30.1. The Kier molecular flexibility index (Phi) is 9.87. The monoisotopic (exact) mass is 302 g/mol. The van der Waals surface area contributed by atoms with Crippen molar-refractivity contribution in [1.82, 2.24) is 0 Å². The quantitative estimate of drug-likeness (QED) is 0.420. The Labute approximate surface area is 127 Å². The Morgan fingerprint density at radius 2 is 1.86 bits per heavy atom. The van der Waals surface area contributed by atoms with E-state index in [1.807, 2.05) is 0 Å². The minimum Gasteiger partial charge on any atom is -0.394 e. The number of unbranched alkanes of at least 4 members (excludes halogenated alkanes) is 4. The van der Waals surface area contributed by atoms with Gasteiger partial charge < -0.3 is 24.8 Å². The highest BCUT2D eigenvalue weighted by molar-refractivity contribution is 4.88. The van der Waals surface area contributed by atoms with Crippen LogP contribution in [0, 0.1) is 0 Å². The van der Waals surface area contributed by atoms with Crippen LogP contribution in [0.3, 0.4) is 0 Å². The largest absolute Gasteiger partial charge is 0.394 e. The fourth-order valence-corrected chi connectivity index (χ4v) is 2.37. The van der Waals surface area contributed by atoms with Gasteiger partial charge in [-0.25, -0.2) is 0 Å². The minimum absolute atomic E-state index is 0.199. The van der Waals surface area contributed by atoms with E-state index in [0.717, 1.165) is 12.8 Å². The van der Waals surface area contributed by atoms with E-state index in [9.17, 15) is 10.2 Å². The van der Waals surface area contributed by atoms with Crippen molar-refractivity contribution in [1.29, 1.82) is 0 Å². The zero-order valence-electron chi connectivity index (χ0n) is 13.0. The first-order valence-electron chi connectivity index (χ1n) is 8.05. The Bertz CT molecular complexity index is 282. The first-order chi connectivity index (χ1) is 10.2. The standard InChI is InChI=1S/C16H30O5/c1-2-3-4-5-6-7-8-9-10-20-14-12-21-13(11-17)15(18)16(14)19/h7-8,13-19H,2-6,9-12H2,1H3/b8-7+/t13-,14+,15-,16-/m1/s1. The topological polar surface area (TPSA) is 79.2 Å². The van der Waals surface area contributed by atoms with E-state index < -0.39 is 24.4 Å². The number of allylic oxidation sites excluding steroid dienone is 1. The molecule has 0 bridgehead atoms. The predicted octanol–water partition coefficient (Wildman–Crippen LogP) is 1.40. The molecule has 0 aromatic carbocycles. The summed E-state index contributed by atoms with van der Waals surface area (Å²) in [6.45, 7) is 2.60. The highest BCUT2D eigenvalue weighted by atomic mass is 16.6. The molecule has 21 heavy (non-hydrogen) atoms. The van der Waals surface area contributed by atoms with Gasteiger partial charge in [-0.3, -0.25) is 0 Å². The maximum absolute atomic E-state index is 9.88. The molecule has 1 saturated heterocycles. The van der Waals surface area contributed by atoms with Crippen LogP contribution in [0.15, 0.2) is 12.2 Å². The highest BCUT2D eigenvalue weighted by Crippen LogP contribution is 2.17. The number of aliphatic hydroxyl groups excluding tert-OH is 3. The zero-order chi connectivity index (χ0) is 15.5. The van der Waals surface area contributed by atoms with Crippen molar-refractivity contribution in [3.63, 3.8) is 0 Å². The van der Waals surface area contributed by atoms with Crippen LogP contribution in [0.25, 0.3) is 0 Å². The van der Waals surface area contributed by atoms with Crippen LogP contribution in [0.4, 0.5) is 0 Å². The molecule has 0 aromatic rings. The molecule has 0 aliphatic carbocycles. The van der Waals surface area contributed by atoms with Gasteiger partial charge in [-0.05, 0) is 19.3 Å². The molecule has 1 fully saturated rings. The van der Waals surface area contributed by atoms with E-state index in [0.29, 0.717) is 6.61 Å². The minimum atomic E-state index is -1.09. The number of hydrogen-bond donors (Lipinski definition) is 3. The fourth-order valence-electron chi connectivity index (χ4n) is 2.37. The predicted molar refractivity (Wildman–Crippen MR) is 81.1 cm³/mol. The molecule has 3 N–H and O–H groups in total. The molecule has 1 aliphatic heterocycles. The Balaban J connectivity index is 2.08. The van der Waals surface area contributed by atoms with Crippen molar-refractivity contribution < 1.29 is 24.8 Å². The summed E-state index contributed by atoms with van der Waals surface area (Å²) in [4.78, 5) is 0. The van der Waals surface area contributed by atoms with Gasteiger partial charge >= 0.3 is 0 Å². The molecule has 1 rings (SSSR count). The molecule has 1 heterocycles. The van der Waals surface area contributed by atoms with Gasteiger partial charge in [0.05, 0.1) is 19.8 Å². The fraction of sp³-hybridized carbons (Fsp3) is 0.875. The third-order valence-corrected chi connectivity index (χ3v) is 3.77. The summed E-state index contributed by atoms with van der Waals surface area (Å²) >= 11 is 0. The van der Waals surface area contributed by atoms with Gasteiger partial charge in [-0.1, -0.05) is 38.3 Å². The maximum Gasteiger partial charge on any atom is 0.111 e. The summed E-state index contributed by atoms with van der Waals surface area (Å²) in [7, 11) is 0. The molecule has 124 valence electrons. The second-order valence-electron chi connectivity index (χ2n) is 5.55. The first kappa shape index (κ1) is 18.6. The average molecular weight is 302 g/mol. The van der Waals surface area contributed by atoms with Crippen LogP contribution in [-0.4, -0.2) is 59.6 Å². The highest BCUT2D eigenvalue weighted by Gasteiger charge is 2.38. The SMILES string of the molecule is CCCCCC/C=C/CCO[C@H]1CO[C@H](CO)[C@@H](O)[C@@H]1O. The smallest absolute Gasteiger partial charge is 0.111 e. The summed E-state index contributed by atoms with van der Waals surface area (Å²) < 4.78 is 10.8. The lowest BCUT2D eigenvalue weighted by atomic mass is 10.0. The molecule has 4 atom stereocenters. The lowest BCUT2D eigenvalue weighted by Crippen LogP contribution is -2.55. The van der Waals surface area contributed by atoms with Crippen LogP contribution in [0.1, 0.15) is 45.4 Å². The number of ether oxygens (including phenoxy) is 2. The second kappa shape index (κ2) is 11.2. The third kappa shape index (κ3) is 6.89. The van der Waals surface area contributed by atoms with E-state index in [2.05, 4.69) is 19.1 Å². The average Bonchev–Trinajstić information content (AvgIpc) is 2.50. The molecular formula is C16H30O5. The van der Waals surface area contributed by atoms with E-state index in [1.165, 1.54) is 25.7 Å². The van der Waals surface area contributed by atoms with E-state index in [4.69, 9.17) is 14.6 Å². The molecule has 0 saturated carbocycles. The van der Waals surface area contributed by atoms with Gasteiger partial charge in [0.1, 0.15) is 24.4 Å². The molecule has 0 aromatic heterocycles. The van der Waals surface area contributed by atoms with Gasteiger partial charge in [-0.15, -0.1) is 0 Å².